The van der Waals surface area contributed by atoms with E-state index in [0.29, 0.717) is 17.4 Å². The van der Waals surface area contributed by atoms with Gasteiger partial charge in [0.25, 0.3) is 0 Å². The number of aryl methyl sites for hydroxylation is 1. The van der Waals surface area contributed by atoms with Crippen molar-refractivity contribution >= 4 is 5.69 Å². The fourth-order valence-electron chi connectivity index (χ4n) is 2.10. The van der Waals surface area contributed by atoms with E-state index in [-0.39, 0.29) is 5.41 Å². The monoisotopic (exact) mass is 286 g/mol. The molecule has 0 amide bonds. The van der Waals surface area contributed by atoms with Gasteiger partial charge >= 0.3 is 0 Å². The highest BCUT2D eigenvalue weighted by Gasteiger charge is 2.20. The summed E-state index contributed by atoms with van der Waals surface area (Å²) in [5.41, 5.74) is 8.52. The molecule has 21 heavy (non-hydrogen) atoms. The van der Waals surface area contributed by atoms with Gasteiger partial charge in [-0.25, -0.2) is 0 Å². The van der Waals surface area contributed by atoms with Crippen LogP contribution in [-0.4, -0.2) is 12.1 Å². The van der Waals surface area contributed by atoms with E-state index in [0.717, 1.165) is 16.9 Å². The number of pyridine rings is 1. The summed E-state index contributed by atoms with van der Waals surface area (Å²) in [6.07, 6.45) is 0. The average molecular weight is 286 g/mol. The van der Waals surface area contributed by atoms with Crippen LogP contribution in [0.15, 0.2) is 30.3 Å². The highest BCUT2D eigenvalue weighted by Crippen LogP contribution is 2.35. The van der Waals surface area contributed by atoms with E-state index in [9.17, 15) is 0 Å². The van der Waals surface area contributed by atoms with Crippen LogP contribution >= 0.6 is 0 Å². The van der Waals surface area contributed by atoms with Crippen molar-refractivity contribution in [1.82, 2.24) is 4.98 Å². The first kappa shape index (κ1) is 15.2. The van der Waals surface area contributed by atoms with Gasteiger partial charge in [0.15, 0.2) is 0 Å². The Morgan fingerprint density at radius 3 is 2.43 bits per heavy atom. The molecule has 0 aliphatic heterocycles. The normalized spacial score (nSPS) is 11.3. The van der Waals surface area contributed by atoms with E-state index in [1.807, 2.05) is 13.0 Å². The van der Waals surface area contributed by atoms with Crippen LogP contribution in [0.5, 0.6) is 17.5 Å². The number of aromatic nitrogens is 1. The van der Waals surface area contributed by atoms with Crippen molar-refractivity contribution in [2.75, 3.05) is 12.8 Å². The van der Waals surface area contributed by atoms with Gasteiger partial charge in [-0.2, -0.15) is 4.98 Å². The second-order valence-electron chi connectivity index (χ2n) is 6.10. The predicted octanol–water partition coefficient (Wildman–Crippen LogP) is 4.07. The van der Waals surface area contributed by atoms with Crippen molar-refractivity contribution in [3.05, 3.63) is 41.5 Å². The van der Waals surface area contributed by atoms with E-state index in [2.05, 4.69) is 37.9 Å². The number of nitrogens with two attached hydrogens (primary N) is 1. The Morgan fingerprint density at radius 2 is 1.81 bits per heavy atom. The number of ether oxygens (including phenoxy) is 2. The lowest BCUT2D eigenvalue weighted by atomic mass is 9.86. The van der Waals surface area contributed by atoms with Crippen molar-refractivity contribution in [3.8, 4) is 17.5 Å². The number of methoxy groups -OCH3 is 1. The number of anilines is 1. The van der Waals surface area contributed by atoms with Crippen LogP contribution in [0, 0.1) is 6.92 Å². The van der Waals surface area contributed by atoms with Gasteiger partial charge in [0.1, 0.15) is 5.75 Å². The van der Waals surface area contributed by atoms with Gasteiger partial charge in [-0.05, 0) is 30.0 Å². The van der Waals surface area contributed by atoms with E-state index in [1.165, 1.54) is 7.11 Å². The first-order chi connectivity index (χ1) is 9.81. The molecule has 0 saturated carbocycles. The SMILES string of the molecule is COc1nc(Oc2cc(C)ccc2C(C)(C)C)ccc1N. The summed E-state index contributed by atoms with van der Waals surface area (Å²) >= 11 is 0. The van der Waals surface area contributed by atoms with Gasteiger partial charge in [-0.1, -0.05) is 32.9 Å². The van der Waals surface area contributed by atoms with Gasteiger partial charge < -0.3 is 15.2 Å². The van der Waals surface area contributed by atoms with Gasteiger partial charge in [0.05, 0.1) is 12.8 Å². The highest BCUT2D eigenvalue weighted by atomic mass is 16.5. The summed E-state index contributed by atoms with van der Waals surface area (Å²) in [5.74, 6) is 1.65. The van der Waals surface area contributed by atoms with Gasteiger partial charge in [0, 0.05) is 11.6 Å². The predicted molar refractivity (Wildman–Crippen MR) is 85.2 cm³/mol. The van der Waals surface area contributed by atoms with Gasteiger partial charge in [-0.15, -0.1) is 0 Å². The lowest BCUT2D eigenvalue weighted by Crippen LogP contribution is -2.12. The third kappa shape index (κ3) is 3.45. The molecule has 1 aromatic carbocycles. The van der Waals surface area contributed by atoms with Crippen molar-refractivity contribution in [2.45, 2.75) is 33.1 Å². The Hall–Kier alpha value is -2.23. The molecule has 0 aliphatic rings. The standard InChI is InChI=1S/C17H22N2O2/c1-11-6-7-12(17(2,3)4)14(10-11)21-15-9-8-13(18)16(19-15)20-5/h6-10H,18H2,1-5H3. The van der Waals surface area contributed by atoms with Crippen LogP contribution in [0.2, 0.25) is 0 Å². The molecule has 4 heteroatoms. The molecule has 4 nitrogen and oxygen atoms in total. The van der Waals surface area contributed by atoms with Crippen LogP contribution in [0.4, 0.5) is 5.69 Å². The molecular weight excluding hydrogens is 264 g/mol. The summed E-state index contributed by atoms with van der Waals surface area (Å²) in [7, 11) is 1.54. The minimum absolute atomic E-state index is 0.0130. The maximum absolute atomic E-state index is 5.97. The van der Waals surface area contributed by atoms with E-state index < -0.39 is 0 Å². The molecule has 2 rings (SSSR count). The highest BCUT2D eigenvalue weighted by molar-refractivity contribution is 5.50. The Labute approximate surface area is 125 Å². The summed E-state index contributed by atoms with van der Waals surface area (Å²) < 4.78 is 11.1. The lowest BCUT2D eigenvalue weighted by molar-refractivity contribution is 0.383. The average Bonchev–Trinajstić information content (AvgIpc) is 2.39. The van der Waals surface area contributed by atoms with Crippen LogP contribution in [0.25, 0.3) is 0 Å². The molecule has 0 radical (unpaired) electrons. The number of benzene rings is 1. The summed E-state index contributed by atoms with van der Waals surface area (Å²) in [6.45, 7) is 8.50. The Morgan fingerprint density at radius 1 is 1.10 bits per heavy atom. The lowest BCUT2D eigenvalue weighted by Gasteiger charge is -2.23. The molecule has 0 atom stereocenters. The Balaban J connectivity index is 2.41. The number of nitrogen functional groups attached to an aromatic ring is 1. The maximum Gasteiger partial charge on any atom is 0.240 e. The molecule has 1 heterocycles. The zero-order valence-electron chi connectivity index (χ0n) is 13.2. The molecule has 0 unspecified atom stereocenters. The minimum Gasteiger partial charge on any atom is -0.479 e. The third-order valence-corrected chi connectivity index (χ3v) is 3.22. The first-order valence-electron chi connectivity index (χ1n) is 6.91. The fraction of sp³-hybridized carbons (Fsp3) is 0.353. The Bertz CT molecular complexity index is 646. The molecule has 0 spiro atoms. The summed E-state index contributed by atoms with van der Waals surface area (Å²) in [4.78, 5) is 4.27. The molecule has 1 aromatic heterocycles. The van der Waals surface area contributed by atoms with Gasteiger partial charge in [0.2, 0.25) is 11.8 Å². The number of hydrogen-bond acceptors (Lipinski definition) is 4. The topological polar surface area (TPSA) is 57.4 Å². The maximum atomic E-state index is 5.97. The third-order valence-electron chi connectivity index (χ3n) is 3.22. The largest absolute Gasteiger partial charge is 0.479 e. The van der Waals surface area contributed by atoms with Crippen molar-refractivity contribution < 1.29 is 9.47 Å². The molecule has 2 aromatic rings. The van der Waals surface area contributed by atoms with Crippen molar-refractivity contribution in [2.24, 2.45) is 0 Å². The van der Waals surface area contributed by atoms with Crippen LogP contribution in [0.3, 0.4) is 0 Å². The molecule has 0 saturated heterocycles. The number of nitrogens with zero attached hydrogens (tertiary/aromatic N) is 1. The van der Waals surface area contributed by atoms with Crippen LogP contribution < -0.4 is 15.2 Å². The smallest absolute Gasteiger partial charge is 0.240 e. The van der Waals surface area contributed by atoms with E-state index >= 15 is 0 Å². The second-order valence-corrected chi connectivity index (χ2v) is 6.10. The number of rotatable bonds is 3. The van der Waals surface area contributed by atoms with Crippen LogP contribution in [-0.2, 0) is 5.41 Å². The zero-order chi connectivity index (χ0) is 15.6. The molecular formula is C17H22N2O2. The molecule has 2 N–H and O–H groups in total. The first-order valence-corrected chi connectivity index (χ1v) is 6.91. The molecule has 112 valence electrons. The van der Waals surface area contributed by atoms with E-state index in [4.69, 9.17) is 15.2 Å². The minimum atomic E-state index is -0.0130. The fourth-order valence-corrected chi connectivity index (χ4v) is 2.10. The summed E-state index contributed by atoms with van der Waals surface area (Å²) in [5, 5.41) is 0. The Kier molecular flexibility index (Phi) is 4.07. The van der Waals surface area contributed by atoms with Crippen LogP contribution in [0.1, 0.15) is 31.9 Å². The van der Waals surface area contributed by atoms with Crippen molar-refractivity contribution in [3.63, 3.8) is 0 Å². The van der Waals surface area contributed by atoms with Gasteiger partial charge in [-0.3, -0.25) is 0 Å². The molecule has 0 bridgehead atoms. The molecule has 0 aliphatic carbocycles. The second kappa shape index (κ2) is 5.64. The molecule has 0 fully saturated rings. The van der Waals surface area contributed by atoms with E-state index in [1.54, 1.807) is 12.1 Å². The number of hydrogen-bond donors (Lipinski definition) is 1. The van der Waals surface area contributed by atoms with Crippen molar-refractivity contribution in [1.29, 1.82) is 0 Å². The zero-order valence-corrected chi connectivity index (χ0v) is 13.2. The quantitative estimate of drug-likeness (QED) is 0.924. The summed E-state index contributed by atoms with van der Waals surface area (Å²) in [6, 6.07) is 9.68.